The minimum atomic E-state index is -0.999. The molecule has 0 atom stereocenters. The third-order valence-corrected chi connectivity index (χ3v) is 3.50. The molecule has 3 nitrogen and oxygen atoms in total. The van der Waals surface area contributed by atoms with E-state index >= 15 is 0 Å². The van der Waals surface area contributed by atoms with Crippen LogP contribution in [0.5, 0.6) is 0 Å². The van der Waals surface area contributed by atoms with Gasteiger partial charge >= 0.3 is 0 Å². The number of halogens is 1. The van der Waals surface area contributed by atoms with Crippen LogP contribution in [0.3, 0.4) is 0 Å². The summed E-state index contributed by atoms with van der Waals surface area (Å²) in [6, 6.07) is 1.13. The van der Waals surface area contributed by atoms with Crippen LogP contribution in [0.15, 0.2) is 0 Å². The number of ether oxygens (including phenoxy) is 2. The summed E-state index contributed by atoms with van der Waals surface area (Å²) in [6.07, 6.45) is 0.249. The molecular weight excluding hydrogens is 220 g/mol. The van der Waals surface area contributed by atoms with Gasteiger partial charge in [0, 0.05) is 21.1 Å². The van der Waals surface area contributed by atoms with Crippen LogP contribution in [0.2, 0.25) is 25.7 Å². The minimum Gasteiger partial charge on any atom is -0.356 e. The lowest BCUT2D eigenvalue weighted by atomic mass is 10.5. The highest BCUT2D eigenvalue weighted by atomic mass is 35.5. The topological polar surface area (TPSA) is 35.5 Å². The molecule has 0 fully saturated rings. The quantitative estimate of drug-likeness (QED) is 0.282. The molecule has 0 heterocycles. The Bertz CT molecular complexity index is 168. The van der Waals surface area contributed by atoms with Gasteiger partial charge in [0.15, 0.2) is 0 Å². The van der Waals surface area contributed by atoms with Crippen molar-refractivity contribution in [2.45, 2.75) is 32.1 Å². The van der Waals surface area contributed by atoms with Crippen LogP contribution in [0.4, 0.5) is 0 Å². The second-order valence-corrected chi connectivity index (χ2v) is 10.4. The molecule has 0 saturated carbocycles. The summed E-state index contributed by atoms with van der Waals surface area (Å²) < 4.78 is 10.3. The van der Waals surface area contributed by atoms with E-state index in [4.69, 9.17) is 21.1 Å². The first-order valence-electron chi connectivity index (χ1n) is 4.75. The van der Waals surface area contributed by atoms with Gasteiger partial charge < -0.3 is 9.47 Å². The molecule has 0 radical (unpaired) electrons. The van der Waals surface area contributed by atoms with Crippen molar-refractivity contribution in [2.75, 3.05) is 20.0 Å². The van der Waals surface area contributed by atoms with Crippen molar-refractivity contribution in [2.24, 2.45) is 0 Å². The Labute approximate surface area is 91.7 Å². The molecule has 0 spiro atoms. The Hall–Kier alpha value is 0.0969. The van der Waals surface area contributed by atoms with E-state index in [9.17, 15) is 4.79 Å². The van der Waals surface area contributed by atoms with E-state index in [-0.39, 0.29) is 18.5 Å². The fourth-order valence-electron chi connectivity index (χ4n) is 0.708. The highest BCUT2D eigenvalue weighted by molar-refractivity contribution is 6.76. The first-order valence-corrected chi connectivity index (χ1v) is 8.84. The SMILES string of the molecule is C[Si](C)(C)CCOCOCCC(=O)Cl. The van der Waals surface area contributed by atoms with E-state index in [0.717, 1.165) is 12.7 Å². The molecular formula is C9H19ClO3Si. The normalized spacial score (nSPS) is 11.7. The van der Waals surface area contributed by atoms with Crippen molar-refractivity contribution >= 4 is 24.9 Å². The van der Waals surface area contributed by atoms with Gasteiger partial charge in [-0.25, -0.2) is 0 Å². The Morgan fingerprint density at radius 1 is 1.21 bits per heavy atom. The minimum absolute atomic E-state index is 0.249. The fraction of sp³-hybridized carbons (Fsp3) is 0.889. The monoisotopic (exact) mass is 238 g/mol. The van der Waals surface area contributed by atoms with Gasteiger partial charge in [-0.1, -0.05) is 19.6 Å². The van der Waals surface area contributed by atoms with Gasteiger partial charge in [-0.05, 0) is 17.6 Å². The van der Waals surface area contributed by atoms with Crippen molar-refractivity contribution in [3.63, 3.8) is 0 Å². The van der Waals surface area contributed by atoms with Gasteiger partial charge in [-0.15, -0.1) is 0 Å². The van der Waals surface area contributed by atoms with Gasteiger partial charge in [0.1, 0.15) is 6.79 Å². The van der Waals surface area contributed by atoms with Crippen molar-refractivity contribution in [1.82, 2.24) is 0 Å². The molecule has 0 aromatic rings. The van der Waals surface area contributed by atoms with Crippen LogP contribution in [0.1, 0.15) is 6.42 Å². The third kappa shape index (κ3) is 12.1. The average molecular weight is 239 g/mol. The van der Waals surface area contributed by atoms with Crippen LogP contribution < -0.4 is 0 Å². The van der Waals surface area contributed by atoms with Crippen LogP contribution in [-0.2, 0) is 14.3 Å². The zero-order chi connectivity index (χ0) is 11.0. The zero-order valence-corrected chi connectivity index (χ0v) is 10.9. The number of rotatable bonds is 8. The highest BCUT2D eigenvalue weighted by Gasteiger charge is 2.11. The predicted molar refractivity (Wildman–Crippen MR) is 60.4 cm³/mol. The molecule has 0 aromatic carbocycles. The van der Waals surface area contributed by atoms with E-state index in [1.807, 2.05) is 0 Å². The summed E-state index contributed by atoms with van der Waals surface area (Å²) in [5.41, 5.74) is 0. The number of carbonyl (C=O) groups is 1. The molecule has 0 amide bonds. The van der Waals surface area contributed by atoms with E-state index < -0.39 is 8.07 Å². The maximum absolute atomic E-state index is 10.3. The molecule has 14 heavy (non-hydrogen) atoms. The lowest BCUT2D eigenvalue weighted by molar-refractivity contribution is -0.114. The van der Waals surface area contributed by atoms with Crippen LogP contribution in [0.25, 0.3) is 0 Å². The Kier molecular flexibility index (Phi) is 7.45. The molecule has 84 valence electrons. The summed E-state index contributed by atoms with van der Waals surface area (Å²) >= 11 is 5.12. The molecule has 0 saturated heterocycles. The Balaban J connectivity index is 3.11. The van der Waals surface area contributed by atoms with Crippen molar-refractivity contribution in [3.05, 3.63) is 0 Å². The van der Waals surface area contributed by atoms with Gasteiger partial charge in [0.25, 0.3) is 0 Å². The highest BCUT2D eigenvalue weighted by Crippen LogP contribution is 2.07. The Morgan fingerprint density at radius 3 is 2.29 bits per heavy atom. The average Bonchev–Trinajstić information content (AvgIpc) is 2.00. The van der Waals surface area contributed by atoms with Gasteiger partial charge in [-0.3, -0.25) is 4.79 Å². The van der Waals surface area contributed by atoms with Crippen LogP contribution in [0, 0.1) is 0 Å². The predicted octanol–water partition coefficient (Wildman–Crippen LogP) is 2.47. The van der Waals surface area contributed by atoms with E-state index in [1.54, 1.807) is 0 Å². The largest absolute Gasteiger partial charge is 0.356 e. The van der Waals surface area contributed by atoms with Crippen molar-refractivity contribution in [1.29, 1.82) is 0 Å². The maximum atomic E-state index is 10.3. The van der Waals surface area contributed by atoms with Crippen LogP contribution in [-0.4, -0.2) is 33.3 Å². The van der Waals surface area contributed by atoms with Crippen molar-refractivity contribution < 1.29 is 14.3 Å². The lowest BCUT2D eigenvalue weighted by Crippen LogP contribution is -2.22. The summed E-state index contributed by atoms with van der Waals surface area (Å²) in [6.45, 7) is 8.23. The molecule has 0 unspecified atom stereocenters. The molecule has 0 rings (SSSR count). The number of hydrogen-bond donors (Lipinski definition) is 0. The molecule has 5 heteroatoms. The van der Waals surface area contributed by atoms with E-state index in [2.05, 4.69) is 19.6 Å². The summed E-state index contributed by atoms with van der Waals surface area (Å²) in [5, 5.41) is -0.368. The Morgan fingerprint density at radius 2 is 1.79 bits per heavy atom. The van der Waals surface area contributed by atoms with Gasteiger partial charge in [0.05, 0.1) is 6.61 Å². The van der Waals surface area contributed by atoms with Gasteiger partial charge in [0.2, 0.25) is 5.24 Å². The van der Waals surface area contributed by atoms with E-state index in [1.165, 1.54) is 0 Å². The van der Waals surface area contributed by atoms with E-state index in [0.29, 0.717) is 6.61 Å². The molecule has 0 aromatic heterocycles. The number of carbonyl (C=O) groups excluding carboxylic acids is 1. The molecule has 0 N–H and O–H groups in total. The lowest BCUT2D eigenvalue weighted by Gasteiger charge is -2.15. The zero-order valence-electron chi connectivity index (χ0n) is 9.14. The summed E-state index contributed by atoms with van der Waals surface area (Å²) in [5.74, 6) is 0. The first kappa shape index (κ1) is 14.1. The summed E-state index contributed by atoms with van der Waals surface area (Å²) in [4.78, 5) is 10.3. The summed E-state index contributed by atoms with van der Waals surface area (Å²) in [7, 11) is -0.999. The van der Waals surface area contributed by atoms with Gasteiger partial charge in [-0.2, -0.15) is 0 Å². The molecule has 0 aliphatic heterocycles. The standard InChI is InChI=1S/C9H19ClO3Si/c1-14(2,3)7-6-13-8-12-5-4-9(10)11/h4-8H2,1-3H3. The van der Waals surface area contributed by atoms with Crippen molar-refractivity contribution in [3.8, 4) is 0 Å². The molecule has 0 aliphatic rings. The smallest absolute Gasteiger partial charge is 0.223 e. The second kappa shape index (κ2) is 7.40. The first-order chi connectivity index (χ1) is 6.42. The number of hydrogen-bond acceptors (Lipinski definition) is 3. The second-order valence-electron chi connectivity index (χ2n) is 4.35. The molecule has 0 bridgehead atoms. The third-order valence-electron chi connectivity index (χ3n) is 1.61. The fourth-order valence-corrected chi connectivity index (χ4v) is 1.54. The maximum Gasteiger partial charge on any atom is 0.223 e. The van der Waals surface area contributed by atoms with Crippen LogP contribution >= 0.6 is 11.6 Å². The molecule has 0 aliphatic carbocycles.